The van der Waals surface area contributed by atoms with Crippen LogP contribution in [0.1, 0.15) is 35.4 Å². The summed E-state index contributed by atoms with van der Waals surface area (Å²) in [7, 11) is 0. The number of nitrogens with two attached hydrogens (primary N) is 1. The van der Waals surface area contributed by atoms with Gasteiger partial charge in [0.05, 0.1) is 11.6 Å². The third kappa shape index (κ3) is 3.83. The summed E-state index contributed by atoms with van der Waals surface area (Å²) in [4.78, 5) is 11.9. The van der Waals surface area contributed by atoms with E-state index in [4.69, 9.17) is 10.8 Å². The van der Waals surface area contributed by atoms with Gasteiger partial charge in [-0.1, -0.05) is 24.8 Å². The number of nitrogens with one attached hydrogen (secondary N) is 2. The van der Waals surface area contributed by atoms with Crippen molar-refractivity contribution in [1.29, 1.82) is 0 Å². The highest BCUT2D eigenvalue weighted by Gasteiger charge is 2.31. The Morgan fingerprint density at radius 2 is 2.19 bits per heavy atom. The number of aromatic nitrogens is 2. The van der Waals surface area contributed by atoms with Crippen LogP contribution in [0.4, 0.5) is 15.9 Å². The smallest absolute Gasteiger partial charge is 0.247 e. The number of rotatable bonds is 5. The Balaban J connectivity index is 1.86. The van der Waals surface area contributed by atoms with Crippen LogP contribution < -0.4 is 16.4 Å². The molecule has 5 N–H and O–H groups in total. The molecule has 2 atom stereocenters. The molecule has 1 aromatic heterocycles. The topological polar surface area (TPSA) is 105 Å². The first-order valence-electron chi connectivity index (χ1n) is 9.99. The number of aliphatic hydroxyl groups is 1. The Morgan fingerprint density at radius 3 is 2.90 bits per heavy atom. The largest absolute Gasteiger partial charge is 0.374 e. The predicted molar refractivity (Wildman–Crippen MR) is 118 cm³/mol. The second-order valence-electron chi connectivity index (χ2n) is 7.48. The van der Waals surface area contributed by atoms with Gasteiger partial charge in [-0.15, -0.1) is 0 Å². The van der Waals surface area contributed by atoms with Crippen molar-refractivity contribution in [2.24, 2.45) is 5.73 Å². The zero-order valence-electron chi connectivity index (χ0n) is 17.1. The molecule has 2 unspecified atom stereocenters. The lowest BCUT2D eigenvalue weighted by Gasteiger charge is -2.28. The minimum Gasteiger partial charge on any atom is -0.374 e. The molecule has 0 spiro atoms. The van der Waals surface area contributed by atoms with Crippen LogP contribution in [0.5, 0.6) is 0 Å². The van der Waals surface area contributed by atoms with E-state index < -0.39 is 6.23 Å². The van der Waals surface area contributed by atoms with Crippen LogP contribution in [0.15, 0.2) is 55.1 Å². The van der Waals surface area contributed by atoms with Crippen LogP contribution in [-0.4, -0.2) is 27.3 Å². The Bertz CT molecular complexity index is 1150. The lowest BCUT2D eigenvalue weighted by atomic mass is 9.99. The van der Waals surface area contributed by atoms with Gasteiger partial charge in [-0.3, -0.25) is 4.79 Å². The monoisotopic (exact) mass is 421 g/mol. The third-order valence-electron chi connectivity index (χ3n) is 5.44. The van der Waals surface area contributed by atoms with Crippen molar-refractivity contribution in [3.05, 3.63) is 77.6 Å². The SMILES string of the molecule is C=CC(=O)Nc1ccccc1C1CCNc2c(C(N)O)c(-c3ccc(F)c(C)c3)nn21. The Labute approximate surface area is 179 Å². The highest BCUT2D eigenvalue weighted by molar-refractivity contribution is 5.99. The van der Waals surface area contributed by atoms with Gasteiger partial charge >= 0.3 is 0 Å². The van der Waals surface area contributed by atoms with Crippen molar-refractivity contribution in [3.8, 4) is 11.3 Å². The predicted octanol–water partition coefficient (Wildman–Crippen LogP) is 3.48. The van der Waals surface area contributed by atoms with Crippen molar-refractivity contribution in [2.75, 3.05) is 17.2 Å². The molecule has 8 heteroatoms. The number of anilines is 2. The molecule has 0 bridgehead atoms. The summed E-state index contributed by atoms with van der Waals surface area (Å²) in [6, 6.07) is 12.0. The molecule has 0 saturated carbocycles. The Morgan fingerprint density at radius 1 is 1.42 bits per heavy atom. The molecule has 160 valence electrons. The molecule has 7 nitrogen and oxygen atoms in total. The summed E-state index contributed by atoms with van der Waals surface area (Å²) in [6.45, 7) is 5.81. The summed E-state index contributed by atoms with van der Waals surface area (Å²) < 4.78 is 15.6. The Kier molecular flexibility index (Phi) is 5.58. The fraction of sp³-hybridized carbons (Fsp3) is 0.217. The van der Waals surface area contributed by atoms with E-state index in [2.05, 4.69) is 17.2 Å². The molecule has 0 aliphatic carbocycles. The van der Waals surface area contributed by atoms with Crippen LogP contribution in [0.3, 0.4) is 0 Å². The lowest BCUT2D eigenvalue weighted by molar-refractivity contribution is -0.111. The molecule has 0 radical (unpaired) electrons. The molecule has 0 fully saturated rings. The molecular weight excluding hydrogens is 397 g/mol. The second-order valence-corrected chi connectivity index (χ2v) is 7.48. The number of nitrogens with zero attached hydrogens (tertiary/aromatic N) is 2. The van der Waals surface area contributed by atoms with E-state index in [1.54, 1.807) is 23.7 Å². The van der Waals surface area contributed by atoms with Crippen LogP contribution in [0.2, 0.25) is 0 Å². The normalized spacial score (nSPS) is 16.2. The number of hydrogen-bond donors (Lipinski definition) is 4. The van der Waals surface area contributed by atoms with Crippen LogP contribution in [0.25, 0.3) is 11.3 Å². The lowest BCUT2D eigenvalue weighted by Crippen LogP contribution is -2.26. The zero-order valence-corrected chi connectivity index (χ0v) is 17.1. The molecule has 0 saturated heterocycles. The number of amides is 1. The number of halogens is 1. The third-order valence-corrected chi connectivity index (χ3v) is 5.44. The standard InChI is InChI=1S/C23H24FN5O2/c1-3-19(30)27-17-7-5-4-6-15(17)18-10-11-26-23-20(22(25)31)21(28-29(18)23)14-8-9-16(24)13(2)12-14/h3-9,12,18,22,26,31H,1,10-11,25H2,2H3,(H,27,30). The molecule has 31 heavy (non-hydrogen) atoms. The maximum Gasteiger partial charge on any atom is 0.247 e. The molecule has 1 aliphatic heterocycles. The average molecular weight is 421 g/mol. The van der Waals surface area contributed by atoms with Gasteiger partial charge in [0.2, 0.25) is 5.91 Å². The van der Waals surface area contributed by atoms with E-state index in [0.717, 1.165) is 5.56 Å². The first kappa shape index (κ1) is 20.8. The van der Waals surface area contributed by atoms with Crippen LogP contribution in [-0.2, 0) is 4.79 Å². The van der Waals surface area contributed by atoms with Gasteiger partial charge in [0.15, 0.2) is 0 Å². The van der Waals surface area contributed by atoms with Gasteiger partial charge in [-0.05, 0) is 49.2 Å². The minimum absolute atomic E-state index is 0.203. The zero-order chi connectivity index (χ0) is 22.1. The van der Waals surface area contributed by atoms with Crippen molar-refractivity contribution in [3.63, 3.8) is 0 Å². The van der Waals surface area contributed by atoms with E-state index in [1.165, 1.54) is 12.1 Å². The fourth-order valence-corrected chi connectivity index (χ4v) is 3.96. The Hall–Kier alpha value is -3.49. The minimum atomic E-state index is -1.27. The van der Waals surface area contributed by atoms with Crippen LogP contribution >= 0.6 is 0 Å². The molecule has 4 rings (SSSR count). The van der Waals surface area contributed by atoms with E-state index in [-0.39, 0.29) is 17.8 Å². The highest BCUT2D eigenvalue weighted by atomic mass is 19.1. The highest BCUT2D eigenvalue weighted by Crippen LogP contribution is 2.40. The molecular formula is C23H24FN5O2. The van der Waals surface area contributed by atoms with Gasteiger partial charge < -0.3 is 21.5 Å². The molecule has 1 amide bonds. The van der Waals surface area contributed by atoms with E-state index in [9.17, 15) is 14.3 Å². The summed E-state index contributed by atoms with van der Waals surface area (Å²) in [5, 5.41) is 21.2. The van der Waals surface area contributed by atoms with Crippen molar-refractivity contribution in [2.45, 2.75) is 25.6 Å². The molecule has 2 aromatic carbocycles. The first-order chi connectivity index (χ1) is 14.9. The summed E-state index contributed by atoms with van der Waals surface area (Å²) in [5.74, 6) is -0.0128. The molecule has 2 heterocycles. The number of hydrogen-bond acceptors (Lipinski definition) is 5. The number of aliphatic hydroxyl groups excluding tert-OH is 1. The summed E-state index contributed by atoms with van der Waals surface area (Å²) in [5.41, 5.74) is 9.52. The van der Waals surface area contributed by atoms with Crippen LogP contribution in [0, 0.1) is 12.7 Å². The number of carbonyl (C=O) groups is 1. The van der Waals surface area contributed by atoms with Crippen molar-refractivity contribution >= 4 is 17.4 Å². The molecule has 3 aromatic rings. The summed E-state index contributed by atoms with van der Waals surface area (Å²) in [6.07, 6.45) is 0.652. The maximum absolute atomic E-state index is 13.8. The summed E-state index contributed by atoms with van der Waals surface area (Å²) >= 11 is 0. The quantitative estimate of drug-likeness (QED) is 0.373. The fourth-order valence-electron chi connectivity index (χ4n) is 3.96. The number of para-hydroxylation sites is 1. The maximum atomic E-state index is 13.8. The average Bonchev–Trinajstić information content (AvgIpc) is 3.16. The van der Waals surface area contributed by atoms with Gasteiger partial charge in [-0.2, -0.15) is 5.10 Å². The first-order valence-corrected chi connectivity index (χ1v) is 9.99. The number of carbonyl (C=O) groups excluding carboxylic acids is 1. The van der Waals surface area contributed by atoms with Gasteiger partial charge in [0.25, 0.3) is 0 Å². The van der Waals surface area contributed by atoms with Gasteiger partial charge in [-0.25, -0.2) is 9.07 Å². The number of fused-ring (bicyclic) bond motifs is 1. The number of aryl methyl sites for hydroxylation is 1. The van der Waals surface area contributed by atoms with Gasteiger partial charge in [0, 0.05) is 23.4 Å². The van der Waals surface area contributed by atoms with Crippen molar-refractivity contribution < 1.29 is 14.3 Å². The van der Waals surface area contributed by atoms with E-state index >= 15 is 0 Å². The van der Waals surface area contributed by atoms with E-state index in [0.29, 0.717) is 46.9 Å². The van der Waals surface area contributed by atoms with E-state index in [1.807, 2.05) is 24.3 Å². The van der Waals surface area contributed by atoms with Gasteiger partial charge in [0.1, 0.15) is 23.6 Å². The number of benzene rings is 2. The molecule has 1 aliphatic rings. The van der Waals surface area contributed by atoms with Crippen molar-refractivity contribution in [1.82, 2.24) is 9.78 Å². The second kappa shape index (κ2) is 8.33.